The van der Waals surface area contributed by atoms with E-state index < -0.39 is 0 Å². The molecule has 0 radical (unpaired) electrons. The summed E-state index contributed by atoms with van der Waals surface area (Å²) in [6, 6.07) is 4.62. The van der Waals surface area contributed by atoms with Crippen molar-refractivity contribution in [2.24, 2.45) is 11.7 Å². The van der Waals surface area contributed by atoms with E-state index in [1.54, 1.807) is 0 Å². The van der Waals surface area contributed by atoms with E-state index in [2.05, 4.69) is 39.8 Å². The summed E-state index contributed by atoms with van der Waals surface area (Å²) in [4.78, 5) is 0. The first-order chi connectivity index (χ1) is 8.01. The molecule has 2 nitrogen and oxygen atoms in total. The third kappa shape index (κ3) is 1.90. The molecule has 2 N–H and O–H groups in total. The van der Waals surface area contributed by atoms with Gasteiger partial charge in [-0.3, -0.25) is 0 Å². The van der Waals surface area contributed by atoms with Gasteiger partial charge in [0.2, 0.25) is 0 Å². The molecule has 17 heavy (non-hydrogen) atoms. The third-order valence-electron chi connectivity index (χ3n) is 4.39. The lowest BCUT2D eigenvalue weighted by Crippen LogP contribution is -2.54. The molecule has 0 bridgehead atoms. The van der Waals surface area contributed by atoms with Gasteiger partial charge < -0.3 is 10.5 Å². The SMILES string of the molecule is Cc1cc(C)c(C2(C(C)CN)COC2)cc1C. The number of rotatable bonds is 3. The maximum absolute atomic E-state index is 5.87. The molecule has 0 amide bonds. The van der Waals surface area contributed by atoms with E-state index in [9.17, 15) is 0 Å². The van der Waals surface area contributed by atoms with Crippen LogP contribution in [0.15, 0.2) is 12.1 Å². The second-order valence-electron chi connectivity index (χ2n) is 5.54. The van der Waals surface area contributed by atoms with E-state index in [1.807, 2.05) is 0 Å². The van der Waals surface area contributed by atoms with Gasteiger partial charge in [0, 0.05) is 5.41 Å². The Balaban J connectivity index is 2.48. The average molecular weight is 233 g/mol. The number of benzene rings is 1. The first kappa shape index (κ1) is 12.6. The minimum atomic E-state index is 0.150. The van der Waals surface area contributed by atoms with Crippen LogP contribution in [0.5, 0.6) is 0 Å². The highest BCUT2D eigenvalue weighted by Gasteiger charge is 2.45. The van der Waals surface area contributed by atoms with E-state index in [1.165, 1.54) is 22.3 Å². The monoisotopic (exact) mass is 233 g/mol. The summed E-state index contributed by atoms with van der Waals surface area (Å²) in [7, 11) is 0. The Bertz CT molecular complexity index is 421. The van der Waals surface area contributed by atoms with Crippen LogP contribution in [-0.2, 0) is 10.2 Å². The molecule has 2 heteroatoms. The Kier molecular flexibility index (Phi) is 3.28. The first-order valence-electron chi connectivity index (χ1n) is 6.37. The molecule has 0 saturated carbocycles. The summed E-state index contributed by atoms with van der Waals surface area (Å²) in [5, 5.41) is 0. The van der Waals surface area contributed by atoms with Crippen molar-refractivity contribution >= 4 is 0 Å². The summed E-state index contributed by atoms with van der Waals surface area (Å²) in [6.07, 6.45) is 0. The van der Waals surface area contributed by atoms with E-state index >= 15 is 0 Å². The number of aryl methyl sites for hydroxylation is 3. The lowest BCUT2D eigenvalue weighted by molar-refractivity contribution is -0.0857. The van der Waals surface area contributed by atoms with Crippen molar-refractivity contribution in [1.29, 1.82) is 0 Å². The van der Waals surface area contributed by atoms with Crippen LogP contribution in [0.2, 0.25) is 0 Å². The van der Waals surface area contributed by atoms with Gasteiger partial charge in [-0.2, -0.15) is 0 Å². The maximum atomic E-state index is 5.87. The molecule has 1 atom stereocenters. The van der Waals surface area contributed by atoms with Crippen LogP contribution < -0.4 is 5.73 Å². The molecule has 0 spiro atoms. The van der Waals surface area contributed by atoms with Crippen molar-refractivity contribution in [3.05, 3.63) is 34.4 Å². The van der Waals surface area contributed by atoms with Crippen LogP contribution in [0, 0.1) is 26.7 Å². The van der Waals surface area contributed by atoms with Gasteiger partial charge in [-0.15, -0.1) is 0 Å². The van der Waals surface area contributed by atoms with Crippen molar-refractivity contribution in [1.82, 2.24) is 0 Å². The Labute approximate surface area is 104 Å². The number of hydrogen-bond donors (Lipinski definition) is 1. The number of nitrogens with two attached hydrogens (primary N) is 1. The Morgan fingerprint density at radius 2 is 1.76 bits per heavy atom. The molecule has 1 fully saturated rings. The fourth-order valence-corrected chi connectivity index (χ4v) is 2.75. The van der Waals surface area contributed by atoms with E-state index in [0.717, 1.165) is 19.8 Å². The fraction of sp³-hybridized carbons (Fsp3) is 0.600. The Morgan fingerprint density at radius 1 is 1.18 bits per heavy atom. The highest BCUT2D eigenvalue weighted by molar-refractivity contribution is 5.42. The molecule has 1 unspecified atom stereocenters. The molecule has 0 aromatic heterocycles. The van der Waals surface area contributed by atoms with Crippen LogP contribution in [-0.4, -0.2) is 19.8 Å². The average Bonchev–Trinajstić information content (AvgIpc) is 2.23. The Hall–Kier alpha value is -0.860. The number of hydrogen-bond acceptors (Lipinski definition) is 2. The molecule has 1 heterocycles. The van der Waals surface area contributed by atoms with Crippen molar-refractivity contribution in [2.45, 2.75) is 33.1 Å². The molecule has 1 aliphatic rings. The molecule has 1 aromatic carbocycles. The zero-order chi connectivity index (χ0) is 12.6. The minimum Gasteiger partial charge on any atom is -0.379 e. The summed E-state index contributed by atoms with van der Waals surface area (Å²) in [5.41, 5.74) is 11.5. The topological polar surface area (TPSA) is 35.2 Å². The van der Waals surface area contributed by atoms with Crippen LogP contribution in [0.25, 0.3) is 0 Å². The maximum Gasteiger partial charge on any atom is 0.0588 e. The molecule has 1 aromatic rings. The van der Waals surface area contributed by atoms with Gasteiger partial charge in [-0.05, 0) is 55.5 Å². The van der Waals surface area contributed by atoms with Gasteiger partial charge in [0.25, 0.3) is 0 Å². The minimum absolute atomic E-state index is 0.150. The fourth-order valence-electron chi connectivity index (χ4n) is 2.75. The summed E-state index contributed by atoms with van der Waals surface area (Å²) in [6.45, 7) is 11.1. The van der Waals surface area contributed by atoms with Crippen LogP contribution in [0.1, 0.15) is 29.2 Å². The summed E-state index contributed by atoms with van der Waals surface area (Å²) >= 11 is 0. The Morgan fingerprint density at radius 3 is 2.24 bits per heavy atom. The molecule has 1 saturated heterocycles. The van der Waals surface area contributed by atoms with E-state index in [4.69, 9.17) is 10.5 Å². The van der Waals surface area contributed by atoms with Crippen molar-refractivity contribution in [3.63, 3.8) is 0 Å². The van der Waals surface area contributed by atoms with E-state index in [-0.39, 0.29) is 5.41 Å². The molecule has 94 valence electrons. The molecule has 0 aliphatic carbocycles. The van der Waals surface area contributed by atoms with Gasteiger partial charge in [-0.1, -0.05) is 19.1 Å². The quantitative estimate of drug-likeness (QED) is 0.870. The smallest absolute Gasteiger partial charge is 0.0588 e. The lowest BCUT2D eigenvalue weighted by atomic mass is 9.67. The predicted octanol–water partition coefficient (Wildman–Crippen LogP) is 2.47. The largest absolute Gasteiger partial charge is 0.379 e. The zero-order valence-corrected chi connectivity index (χ0v) is 11.3. The molecular weight excluding hydrogens is 210 g/mol. The molecule has 1 aliphatic heterocycles. The third-order valence-corrected chi connectivity index (χ3v) is 4.39. The number of ether oxygens (including phenoxy) is 1. The lowest BCUT2D eigenvalue weighted by Gasteiger charge is -2.47. The highest BCUT2D eigenvalue weighted by Crippen LogP contribution is 2.41. The van der Waals surface area contributed by atoms with Crippen LogP contribution in [0.4, 0.5) is 0 Å². The summed E-state index contributed by atoms with van der Waals surface area (Å²) < 4.78 is 5.49. The second-order valence-corrected chi connectivity index (χ2v) is 5.54. The standard InChI is InChI=1S/C15H23NO/c1-10-5-12(3)14(6-11(10)2)15(8-17-9-15)13(4)7-16/h5-6,13H,7-9,16H2,1-4H3. The predicted molar refractivity (Wildman–Crippen MR) is 71.4 cm³/mol. The van der Waals surface area contributed by atoms with Crippen molar-refractivity contribution < 1.29 is 4.74 Å². The van der Waals surface area contributed by atoms with Gasteiger partial charge >= 0.3 is 0 Å². The van der Waals surface area contributed by atoms with Gasteiger partial charge in [0.15, 0.2) is 0 Å². The van der Waals surface area contributed by atoms with E-state index in [0.29, 0.717) is 5.92 Å². The van der Waals surface area contributed by atoms with Crippen molar-refractivity contribution in [2.75, 3.05) is 19.8 Å². The normalized spacial score (nSPS) is 19.8. The highest BCUT2D eigenvalue weighted by atomic mass is 16.5. The molecular formula is C15H23NO. The summed E-state index contributed by atoms with van der Waals surface area (Å²) in [5.74, 6) is 0.469. The van der Waals surface area contributed by atoms with Gasteiger partial charge in [-0.25, -0.2) is 0 Å². The molecule has 2 rings (SSSR count). The van der Waals surface area contributed by atoms with Crippen LogP contribution >= 0.6 is 0 Å². The van der Waals surface area contributed by atoms with Gasteiger partial charge in [0.1, 0.15) is 0 Å². The van der Waals surface area contributed by atoms with Gasteiger partial charge in [0.05, 0.1) is 13.2 Å². The zero-order valence-electron chi connectivity index (χ0n) is 11.3. The van der Waals surface area contributed by atoms with Crippen LogP contribution in [0.3, 0.4) is 0 Å². The second kappa shape index (κ2) is 4.43. The first-order valence-corrected chi connectivity index (χ1v) is 6.37. The van der Waals surface area contributed by atoms with Crippen molar-refractivity contribution in [3.8, 4) is 0 Å².